The van der Waals surface area contributed by atoms with E-state index in [2.05, 4.69) is 5.32 Å². The van der Waals surface area contributed by atoms with Crippen LogP contribution >= 0.6 is 0 Å². The highest BCUT2D eigenvalue weighted by molar-refractivity contribution is 5.30. The fourth-order valence-corrected chi connectivity index (χ4v) is 2.49. The molecule has 1 N–H and O–H groups in total. The molecule has 5 heteroatoms. The fourth-order valence-electron chi connectivity index (χ4n) is 2.49. The van der Waals surface area contributed by atoms with E-state index in [4.69, 9.17) is 4.74 Å². The number of benzene rings is 1. The number of rotatable bonds is 5. The summed E-state index contributed by atoms with van der Waals surface area (Å²) in [7, 11) is 0. The van der Waals surface area contributed by atoms with Gasteiger partial charge in [-0.05, 0) is 62.9 Å². The van der Waals surface area contributed by atoms with Gasteiger partial charge >= 0.3 is 6.18 Å². The van der Waals surface area contributed by atoms with Crippen molar-refractivity contribution in [1.82, 2.24) is 5.32 Å². The summed E-state index contributed by atoms with van der Waals surface area (Å²) in [6.45, 7) is 2.61. The van der Waals surface area contributed by atoms with E-state index in [1.54, 1.807) is 6.07 Å². The molecule has 1 saturated heterocycles. The van der Waals surface area contributed by atoms with E-state index in [9.17, 15) is 13.2 Å². The van der Waals surface area contributed by atoms with Gasteiger partial charge in [-0.15, -0.1) is 0 Å². The SMILES string of the molecule is FC(F)(F)c1cccc(OCCCC2CCCNC2)c1. The highest BCUT2D eigenvalue weighted by atomic mass is 19.4. The third-order valence-electron chi connectivity index (χ3n) is 3.59. The molecule has 0 saturated carbocycles. The molecule has 1 aliphatic rings. The zero-order valence-corrected chi connectivity index (χ0v) is 11.4. The molecule has 0 amide bonds. The van der Waals surface area contributed by atoms with Gasteiger partial charge in [-0.2, -0.15) is 13.2 Å². The number of hydrogen-bond donors (Lipinski definition) is 1. The smallest absolute Gasteiger partial charge is 0.416 e. The van der Waals surface area contributed by atoms with E-state index < -0.39 is 11.7 Å². The maximum atomic E-state index is 12.5. The Morgan fingerprint density at radius 2 is 2.15 bits per heavy atom. The summed E-state index contributed by atoms with van der Waals surface area (Å²) in [4.78, 5) is 0. The number of hydrogen-bond acceptors (Lipinski definition) is 2. The molecule has 1 aromatic rings. The molecule has 2 nitrogen and oxygen atoms in total. The summed E-state index contributed by atoms with van der Waals surface area (Å²) in [5.41, 5.74) is -0.661. The first-order valence-corrected chi connectivity index (χ1v) is 7.06. The Kier molecular flexibility index (Phi) is 5.29. The van der Waals surface area contributed by atoms with Crippen molar-refractivity contribution in [3.63, 3.8) is 0 Å². The Labute approximate surface area is 117 Å². The van der Waals surface area contributed by atoms with Crippen molar-refractivity contribution < 1.29 is 17.9 Å². The zero-order chi connectivity index (χ0) is 14.4. The van der Waals surface area contributed by atoms with E-state index in [0.29, 0.717) is 18.3 Å². The maximum Gasteiger partial charge on any atom is 0.416 e. The molecule has 1 fully saturated rings. The van der Waals surface area contributed by atoms with Gasteiger partial charge in [0.15, 0.2) is 0 Å². The van der Waals surface area contributed by atoms with Crippen LogP contribution in [0.3, 0.4) is 0 Å². The predicted octanol–water partition coefficient (Wildman–Crippen LogP) is 3.86. The van der Waals surface area contributed by atoms with Crippen LogP contribution in [0.5, 0.6) is 5.75 Å². The minimum atomic E-state index is -4.31. The lowest BCUT2D eigenvalue weighted by atomic mass is 9.95. The molecule has 1 atom stereocenters. The summed E-state index contributed by atoms with van der Waals surface area (Å²) in [5, 5.41) is 3.35. The van der Waals surface area contributed by atoms with Crippen molar-refractivity contribution in [2.75, 3.05) is 19.7 Å². The summed E-state index contributed by atoms with van der Waals surface area (Å²) in [6.07, 6.45) is 0.0669. The van der Waals surface area contributed by atoms with Gasteiger partial charge in [-0.1, -0.05) is 6.07 Å². The average molecular weight is 287 g/mol. The summed E-state index contributed by atoms with van der Waals surface area (Å²) in [6, 6.07) is 5.06. The van der Waals surface area contributed by atoms with E-state index in [0.717, 1.165) is 38.1 Å². The number of alkyl halides is 3. The van der Waals surface area contributed by atoms with Crippen molar-refractivity contribution in [2.24, 2.45) is 5.92 Å². The first-order valence-electron chi connectivity index (χ1n) is 7.06. The largest absolute Gasteiger partial charge is 0.494 e. The number of nitrogens with one attached hydrogen (secondary N) is 1. The monoisotopic (exact) mass is 287 g/mol. The molecular weight excluding hydrogens is 267 g/mol. The predicted molar refractivity (Wildman–Crippen MR) is 71.8 cm³/mol. The molecule has 0 radical (unpaired) electrons. The zero-order valence-electron chi connectivity index (χ0n) is 11.4. The first-order chi connectivity index (χ1) is 9.55. The molecule has 1 heterocycles. The van der Waals surface area contributed by atoms with Crippen molar-refractivity contribution >= 4 is 0 Å². The van der Waals surface area contributed by atoms with Crippen LogP contribution in [0.25, 0.3) is 0 Å². The van der Waals surface area contributed by atoms with Crippen LogP contribution < -0.4 is 10.1 Å². The van der Waals surface area contributed by atoms with Gasteiger partial charge in [0.1, 0.15) is 5.75 Å². The topological polar surface area (TPSA) is 21.3 Å². The third-order valence-corrected chi connectivity index (χ3v) is 3.59. The molecule has 20 heavy (non-hydrogen) atoms. The van der Waals surface area contributed by atoms with Gasteiger partial charge in [-0.25, -0.2) is 0 Å². The molecular formula is C15H20F3NO. The molecule has 0 bridgehead atoms. The van der Waals surface area contributed by atoms with Crippen molar-refractivity contribution in [2.45, 2.75) is 31.9 Å². The molecule has 0 aromatic heterocycles. The lowest BCUT2D eigenvalue weighted by Crippen LogP contribution is -2.29. The third kappa shape index (κ3) is 4.71. The Bertz CT molecular complexity index is 414. The molecule has 1 unspecified atom stereocenters. The number of halogens is 3. The quantitative estimate of drug-likeness (QED) is 0.830. The standard InChI is InChI=1S/C15H20F3NO/c16-15(17,18)13-6-1-7-14(10-13)20-9-3-5-12-4-2-8-19-11-12/h1,6-7,10,12,19H,2-5,8-9,11H2. The van der Waals surface area contributed by atoms with Crippen LogP contribution in [-0.4, -0.2) is 19.7 Å². The average Bonchev–Trinajstić information content (AvgIpc) is 2.44. The van der Waals surface area contributed by atoms with Crippen LogP contribution in [0.1, 0.15) is 31.2 Å². The molecule has 0 spiro atoms. The minimum absolute atomic E-state index is 0.293. The Balaban J connectivity index is 1.73. The van der Waals surface area contributed by atoms with Crippen LogP contribution in [0.4, 0.5) is 13.2 Å². The Hall–Kier alpha value is -1.23. The lowest BCUT2D eigenvalue weighted by molar-refractivity contribution is -0.137. The van der Waals surface area contributed by atoms with Gasteiger partial charge in [0.25, 0.3) is 0 Å². The van der Waals surface area contributed by atoms with Crippen LogP contribution in [-0.2, 0) is 6.18 Å². The molecule has 1 aliphatic heterocycles. The minimum Gasteiger partial charge on any atom is -0.494 e. The molecule has 2 rings (SSSR count). The summed E-state index contributed by atoms with van der Waals surface area (Å²) in [5.74, 6) is 0.968. The lowest BCUT2D eigenvalue weighted by Gasteiger charge is -2.22. The second-order valence-electron chi connectivity index (χ2n) is 5.23. The Morgan fingerprint density at radius 3 is 2.85 bits per heavy atom. The Morgan fingerprint density at radius 1 is 1.30 bits per heavy atom. The van der Waals surface area contributed by atoms with Crippen LogP contribution in [0.2, 0.25) is 0 Å². The van der Waals surface area contributed by atoms with E-state index in [-0.39, 0.29) is 0 Å². The van der Waals surface area contributed by atoms with Crippen LogP contribution in [0.15, 0.2) is 24.3 Å². The second kappa shape index (κ2) is 6.97. The maximum absolute atomic E-state index is 12.5. The van der Waals surface area contributed by atoms with Gasteiger partial charge < -0.3 is 10.1 Å². The molecule has 112 valence electrons. The highest BCUT2D eigenvalue weighted by Gasteiger charge is 2.30. The normalized spacial score (nSPS) is 19.9. The van der Waals surface area contributed by atoms with Crippen molar-refractivity contribution in [1.29, 1.82) is 0 Å². The molecule has 0 aliphatic carbocycles. The summed E-state index contributed by atoms with van der Waals surface area (Å²) >= 11 is 0. The summed E-state index contributed by atoms with van der Waals surface area (Å²) < 4.78 is 43.0. The fraction of sp³-hybridized carbons (Fsp3) is 0.600. The molecule has 1 aromatic carbocycles. The first kappa shape index (κ1) is 15.2. The van der Waals surface area contributed by atoms with E-state index in [1.165, 1.54) is 18.9 Å². The second-order valence-corrected chi connectivity index (χ2v) is 5.23. The van der Waals surface area contributed by atoms with Gasteiger partial charge in [0.2, 0.25) is 0 Å². The van der Waals surface area contributed by atoms with E-state index >= 15 is 0 Å². The number of ether oxygens (including phenoxy) is 1. The van der Waals surface area contributed by atoms with E-state index in [1.807, 2.05) is 0 Å². The van der Waals surface area contributed by atoms with Crippen LogP contribution in [0, 0.1) is 5.92 Å². The van der Waals surface area contributed by atoms with Gasteiger partial charge in [0, 0.05) is 0 Å². The highest BCUT2D eigenvalue weighted by Crippen LogP contribution is 2.31. The number of piperidine rings is 1. The van der Waals surface area contributed by atoms with Crippen molar-refractivity contribution in [3.05, 3.63) is 29.8 Å². The van der Waals surface area contributed by atoms with Crippen molar-refractivity contribution in [3.8, 4) is 5.75 Å². The van der Waals surface area contributed by atoms with Gasteiger partial charge in [-0.3, -0.25) is 0 Å². The van der Waals surface area contributed by atoms with Gasteiger partial charge in [0.05, 0.1) is 12.2 Å².